The molecule has 0 atom stereocenters. The Bertz CT molecular complexity index is 682. The summed E-state index contributed by atoms with van der Waals surface area (Å²) in [6.45, 7) is 0.473. The molecule has 4 nitrogen and oxygen atoms in total. The van der Waals surface area contributed by atoms with Crippen molar-refractivity contribution in [2.24, 2.45) is 0 Å². The molecule has 0 bridgehead atoms. The fraction of sp³-hybridized carbons (Fsp3) is 0.308. The maximum atomic E-state index is 12.1. The van der Waals surface area contributed by atoms with Crippen LogP contribution in [0.5, 0.6) is 0 Å². The molecule has 2 aromatic rings. The molecule has 98 valence electrons. The largest absolute Gasteiger partial charge is 0.292 e. The van der Waals surface area contributed by atoms with Crippen molar-refractivity contribution in [1.29, 1.82) is 0 Å². The lowest BCUT2D eigenvalue weighted by atomic mass is 10.2. The van der Waals surface area contributed by atoms with Crippen LogP contribution in [0.15, 0.2) is 33.8 Å². The van der Waals surface area contributed by atoms with Gasteiger partial charge in [-0.05, 0) is 40.4 Å². The predicted molar refractivity (Wildman–Crippen MR) is 76.5 cm³/mol. The fourth-order valence-electron chi connectivity index (χ4n) is 2.03. The molecule has 0 unspecified atom stereocenters. The van der Waals surface area contributed by atoms with Crippen LogP contribution in [-0.4, -0.2) is 14.5 Å². The van der Waals surface area contributed by atoms with Gasteiger partial charge in [-0.2, -0.15) is 0 Å². The second-order valence-electron chi connectivity index (χ2n) is 4.65. The monoisotopic (exact) mass is 339 g/mol. The van der Waals surface area contributed by atoms with Crippen LogP contribution in [-0.2, 0) is 6.54 Å². The molecule has 6 heteroatoms. The first-order valence-electron chi connectivity index (χ1n) is 6.00. The van der Waals surface area contributed by atoms with Crippen LogP contribution in [0.1, 0.15) is 30.1 Å². The summed E-state index contributed by atoms with van der Waals surface area (Å²) in [6.07, 6.45) is 5.61. The van der Waals surface area contributed by atoms with Crippen LogP contribution in [0.3, 0.4) is 0 Å². The van der Waals surface area contributed by atoms with Crippen molar-refractivity contribution in [2.75, 3.05) is 0 Å². The quantitative estimate of drug-likeness (QED) is 0.807. The van der Waals surface area contributed by atoms with Crippen molar-refractivity contribution in [3.8, 4) is 0 Å². The molecule has 0 N–H and O–H groups in total. The molecule has 19 heavy (non-hydrogen) atoms. The van der Waals surface area contributed by atoms with Gasteiger partial charge in [0, 0.05) is 28.9 Å². The highest BCUT2D eigenvalue weighted by atomic mass is 79.9. The lowest BCUT2D eigenvalue weighted by Crippen LogP contribution is -2.24. The minimum absolute atomic E-state index is 0.109. The average molecular weight is 341 g/mol. The second-order valence-corrected chi connectivity index (χ2v) is 5.95. The first-order chi connectivity index (χ1) is 9.13. The van der Waals surface area contributed by atoms with Crippen molar-refractivity contribution in [3.05, 3.63) is 55.9 Å². The topological polar surface area (TPSA) is 47.8 Å². The molecular formula is C13H11BrClN3O. The summed E-state index contributed by atoms with van der Waals surface area (Å²) >= 11 is 9.26. The molecule has 1 aliphatic carbocycles. The summed E-state index contributed by atoms with van der Waals surface area (Å²) < 4.78 is 2.58. The zero-order valence-electron chi connectivity index (χ0n) is 10.0. The molecule has 0 aliphatic heterocycles. The minimum atomic E-state index is -0.109. The summed E-state index contributed by atoms with van der Waals surface area (Å²) in [5.41, 5.74) is 0.851. The van der Waals surface area contributed by atoms with E-state index in [0.717, 1.165) is 28.7 Å². The molecule has 0 aromatic carbocycles. The molecular weight excluding hydrogens is 330 g/mol. The smallest absolute Gasteiger partial charge is 0.255 e. The van der Waals surface area contributed by atoms with Gasteiger partial charge in [-0.25, -0.2) is 4.98 Å². The number of aromatic nitrogens is 3. The Morgan fingerprint density at radius 2 is 2.16 bits per heavy atom. The molecule has 0 radical (unpaired) electrons. The van der Waals surface area contributed by atoms with Crippen molar-refractivity contribution in [2.45, 2.75) is 25.3 Å². The Morgan fingerprint density at radius 3 is 2.84 bits per heavy atom. The van der Waals surface area contributed by atoms with E-state index in [-0.39, 0.29) is 10.7 Å². The van der Waals surface area contributed by atoms with Gasteiger partial charge in [0.15, 0.2) is 0 Å². The van der Waals surface area contributed by atoms with E-state index in [1.807, 2.05) is 6.07 Å². The maximum Gasteiger partial charge on any atom is 0.255 e. The van der Waals surface area contributed by atoms with E-state index in [1.165, 1.54) is 6.07 Å². The zero-order chi connectivity index (χ0) is 13.4. The Labute approximate surface area is 123 Å². The van der Waals surface area contributed by atoms with E-state index < -0.39 is 0 Å². The van der Waals surface area contributed by atoms with Gasteiger partial charge in [-0.15, -0.1) is 0 Å². The molecule has 2 heterocycles. The third-order valence-electron chi connectivity index (χ3n) is 3.05. The summed E-state index contributed by atoms with van der Waals surface area (Å²) in [5, 5.41) is 0.274. The van der Waals surface area contributed by atoms with Crippen molar-refractivity contribution in [3.63, 3.8) is 0 Å². The van der Waals surface area contributed by atoms with Crippen molar-refractivity contribution >= 4 is 27.5 Å². The second kappa shape index (κ2) is 5.06. The third-order valence-corrected chi connectivity index (χ3v) is 3.68. The van der Waals surface area contributed by atoms with Gasteiger partial charge in [0.05, 0.1) is 6.54 Å². The van der Waals surface area contributed by atoms with Crippen LogP contribution < -0.4 is 5.56 Å². The Morgan fingerprint density at radius 1 is 1.37 bits per heavy atom. The highest BCUT2D eigenvalue weighted by Crippen LogP contribution is 2.38. The van der Waals surface area contributed by atoms with Crippen molar-refractivity contribution < 1.29 is 0 Å². The van der Waals surface area contributed by atoms with Crippen LogP contribution >= 0.6 is 27.5 Å². The molecule has 3 rings (SSSR count). The molecule has 0 spiro atoms. The fourth-order valence-corrected chi connectivity index (χ4v) is 2.62. The molecule has 1 fully saturated rings. The number of nitrogens with zero attached hydrogens (tertiary/aromatic N) is 3. The van der Waals surface area contributed by atoms with Crippen molar-refractivity contribution in [1.82, 2.24) is 14.5 Å². The highest BCUT2D eigenvalue weighted by Gasteiger charge is 2.29. The zero-order valence-corrected chi connectivity index (χ0v) is 12.4. The van der Waals surface area contributed by atoms with Gasteiger partial charge in [-0.3, -0.25) is 14.3 Å². The lowest BCUT2D eigenvalue weighted by Gasteiger charge is -2.11. The lowest BCUT2D eigenvalue weighted by molar-refractivity contribution is 0.668. The molecule has 1 saturated carbocycles. The Kier molecular flexibility index (Phi) is 3.41. The molecule has 0 saturated heterocycles. The highest BCUT2D eigenvalue weighted by molar-refractivity contribution is 9.10. The molecule has 1 aliphatic rings. The predicted octanol–water partition coefficient (Wildman–Crippen LogP) is 2.98. The third kappa shape index (κ3) is 2.87. The van der Waals surface area contributed by atoms with E-state index in [0.29, 0.717) is 12.5 Å². The van der Waals surface area contributed by atoms with E-state index in [9.17, 15) is 4.79 Å². The van der Waals surface area contributed by atoms with Gasteiger partial charge >= 0.3 is 0 Å². The van der Waals surface area contributed by atoms with E-state index >= 15 is 0 Å². The number of hydrogen-bond acceptors (Lipinski definition) is 3. The average Bonchev–Trinajstić information content (AvgIpc) is 3.16. The number of hydrogen-bond donors (Lipinski definition) is 0. The first-order valence-corrected chi connectivity index (χ1v) is 7.17. The van der Waals surface area contributed by atoms with E-state index in [1.54, 1.807) is 17.0 Å². The normalized spacial score (nSPS) is 14.6. The Balaban J connectivity index is 2.02. The van der Waals surface area contributed by atoms with Gasteiger partial charge in [0.2, 0.25) is 0 Å². The van der Waals surface area contributed by atoms with Gasteiger partial charge in [0.25, 0.3) is 5.56 Å². The minimum Gasteiger partial charge on any atom is -0.292 e. The number of rotatable bonds is 3. The summed E-state index contributed by atoms with van der Waals surface area (Å²) in [4.78, 5) is 20.5. The van der Waals surface area contributed by atoms with E-state index in [4.69, 9.17) is 11.6 Å². The summed E-state index contributed by atoms with van der Waals surface area (Å²) in [6, 6.07) is 3.31. The maximum absolute atomic E-state index is 12.1. The van der Waals surface area contributed by atoms with Gasteiger partial charge in [-0.1, -0.05) is 11.6 Å². The first kappa shape index (κ1) is 12.8. The molecule has 2 aromatic heterocycles. The van der Waals surface area contributed by atoms with Crippen LogP contribution in [0.4, 0.5) is 0 Å². The number of pyridine rings is 1. The number of halogens is 2. The standard InChI is InChI=1S/C13H11BrClN3O/c14-10-3-8(5-16-6-10)7-18-12(19)4-11(15)17-13(18)9-1-2-9/h3-6,9H,1-2,7H2. The van der Waals surface area contributed by atoms with Gasteiger partial charge < -0.3 is 0 Å². The van der Waals surface area contributed by atoms with E-state index in [2.05, 4.69) is 25.9 Å². The van der Waals surface area contributed by atoms with Gasteiger partial charge in [0.1, 0.15) is 11.0 Å². The molecule has 0 amide bonds. The SMILES string of the molecule is O=c1cc(Cl)nc(C2CC2)n1Cc1cncc(Br)c1. The Hall–Kier alpha value is -1.20. The summed E-state index contributed by atoms with van der Waals surface area (Å²) in [7, 11) is 0. The van der Waals surface area contributed by atoms with Crippen LogP contribution in [0.2, 0.25) is 5.15 Å². The van der Waals surface area contributed by atoms with Crippen LogP contribution in [0, 0.1) is 0 Å². The summed E-state index contributed by atoms with van der Waals surface area (Å²) in [5.74, 6) is 1.16. The van der Waals surface area contributed by atoms with Crippen LogP contribution in [0.25, 0.3) is 0 Å².